The van der Waals surface area contributed by atoms with Crippen molar-refractivity contribution < 1.29 is 18.0 Å². The minimum absolute atomic E-state index is 0.0571. The Bertz CT molecular complexity index is 1110. The number of hydrogen-bond acceptors (Lipinski definition) is 4. The van der Waals surface area contributed by atoms with E-state index in [1.54, 1.807) is 33.0 Å². The third-order valence-electron chi connectivity index (χ3n) is 5.59. The molecule has 2 aromatic rings. The quantitative estimate of drug-likeness (QED) is 0.765. The van der Waals surface area contributed by atoms with Crippen LogP contribution >= 0.6 is 0 Å². The van der Waals surface area contributed by atoms with E-state index in [0.717, 1.165) is 16.3 Å². The molecule has 1 aliphatic rings. The van der Waals surface area contributed by atoms with Crippen LogP contribution in [0.25, 0.3) is 0 Å². The van der Waals surface area contributed by atoms with E-state index in [1.807, 2.05) is 25.1 Å². The number of carbonyl (C=O) groups is 2. The average Bonchev–Trinajstić information content (AvgIpc) is 2.88. The third kappa shape index (κ3) is 3.73. The summed E-state index contributed by atoms with van der Waals surface area (Å²) in [5.41, 5.74) is 2.20. The van der Waals surface area contributed by atoms with E-state index in [0.29, 0.717) is 16.9 Å². The molecule has 30 heavy (non-hydrogen) atoms. The van der Waals surface area contributed by atoms with Gasteiger partial charge in [-0.05, 0) is 55.7 Å². The molecule has 2 aromatic carbocycles. The van der Waals surface area contributed by atoms with Crippen LogP contribution in [0.4, 0.5) is 11.4 Å². The van der Waals surface area contributed by atoms with E-state index in [2.05, 4.69) is 5.32 Å². The number of amides is 2. The van der Waals surface area contributed by atoms with Gasteiger partial charge in [-0.2, -0.15) is 4.31 Å². The second-order valence-electron chi connectivity index (χ2n) is 7.99. The number of likely N-dealkylation sites (N-methyl/N-ethyl adjacent to an activating group) is 2. The molecule has 0 unspecified atom stereocenters. The van der Waals surface area contributed by atoms with Crippen LogP contribution in [0.5, 0.6) is 0 Å². The van der Waals surface area contributed by atoms with Crippen LogP contribution in [0.2, 0.25) is 0 Å². The van der Waals surface area contributed by atoms with Gasteiger partial charge in [-0.1, -0.05) is 25.1 Å². The van der Waals surface area contributed by atoms with E-state index in [9.17, 15) is 18.0 Å². The maximum absolute atomic E-state index is 13.1. The van der Waals surface area contributed by atoms with Gasteiger partial charge in [0.2, 0.25) is 21.8 Å². The van der Waals surface area contributed by atoms with Crippen LogP contribution in [0.15, 0.2) is 47.4 Å². The van der Waals surface area contributed by atoms with E-state index in [4.69, 9.17) is 0 Å². The smallest absolute Gasteiger partial charge is 0.243 e. The summed E-state index contributed by atoms with van der Waals surface area (Å²) in [4.78, 5) is 26.5. The maximum atomic E-state index is 13.1. The zero-order chi connectivity index (χ0) is 22.3. The second-order valence-corrected chi connectivity index (χ2v) is 10.0. The number of carbonyl (C=O) groups excluding carboxylic acids is 2. The van der Waals surface area contributed by atoms with E-state index in [-0.39, 0.29) is 17.3 Å². The van der Waals surface area contributed by atoms with Crippen molar-refractivity contribution >= 4 is 33.2 Å². The molecule has 0 aromatic heterocycles. The molecule has 8 heteroatoms. The zero-order valence-corrected chi connectivity index (χ0v) is 18.7. The molecule has 0 saturated heterocycles. The highest BCUT2D eigenvalue weighted by atomic mass is 32.2. The molecule has 1 aliphatic heterocycles. The molecule has 0 saturated carbocycles. The first kappa shape index (κ1) is 22.0. The van der Waals surface area contributed by atoms with Crippen LogP contribution in [0.3, 0.4) is 0 Å². The summed E-state index contributed by atoms with van der Waals surface area (Å²) in [6, 6.07) is 12.1. The van der Waals surface area contributed by atoms with Crippen LogP contribution in [-0.2, 0) is 31.4 Å². The number of sulfonamides is 1. The van der Waals surface area contributed by atoms with Crippen molar-refractivity contribution in [2.75, 3.05) is 30.9 Å². The molecule has 0 atom stereocenters. The van der Waals surface area contributed by atoms with Gasteiger partial charge in [0.15, 0.2) is 0 Å². The van der Waals surface area contributed by atoms with Crippen LogP contribution < -0.4 is 10.2 Å². The second kappa shape index (κ2) is 7.85. The molecule has 1 heterocycles. The normalized spacial score (nSPS) is 15.4. The van der Waals surface area contributed by atoms with Crippen LogP contribution in [0, 0.1) is 0 Å². The Hall–Kier alpha value is -2.71. The number of nitrogens with one attached hydrogen (secondary N) is 1. The van der Waals surface area contributed by atoms with Crippen LogP contribution in [-0.4, -0.2) is 45.2 Å². The van der Waals surface area contributed by atoms with Gasteiger partial charge in [0, 0.05) is 25.5 Å². The van der Waals surface area contributed by atoms with Gasteiger partial charge in [0.1, 0.15) is 0 Å². The Balaban J connectivity index is 1.82. The largest absolute Gasteiger partial charge is 0.325 e. The van der Waals surface area contributed by atoms with Crippen molar-refractivity contribution in [2.45, 2.75) is 37.5 Å². The number of rotatable bonds is 6. The Morgan fingerprint density at radius 3 is 2.50 bits per heavy atom. The Labute approximate surface area is 177 Å². The molecule has 2 amide bonds. The van der Waals surface area contributed by atoms with E-state index >= 15 is 0 Å². The van der Waals surface area contributed by atoms with Gasteiger partial charge >= 0.3 is 0 Å². The third-order valence-corrected chi connectivity index (χ3v) is 7.39. The highest BCUT2D eigenvalue weighted by Crippen LogP contribution is 2.41. The number of fused-ring (bicyclic) bond motifs is 1. The predicted molar refractivity (Wildman–Crippen MR) is 117 cm³/mol. The highest BCUT2D eigenvalue weighted by molar-refractivity contribution is 7.89. The molecule has 1 N–H and O–H groups in total. The highest BCUT2D eigenvalue weighted by Gasteiger charge is 2.43. The summed E-state index contributed by atoms with van der Waals surface area (Å²) >= 11 is 0. The fourth-order valence-corrected chi connectivity index (χ4v) is 4.87. The first-order chi connectivity index (χ1) is 14.0. The predicted octanol–water partition coefficient (Wildman–Crippen LogP) is 2.76. The summed E-state index contributed by atoms with van der Waals surface area (Å²) in [6.45, 7) is 5.21. The zero-order valence-electron chi connectivity index (χ0n) is 17.9. The summed E-state index contributed by atoms with van der Waals surface area (Å²) in [6.07, 6.45) is 0.753. The van der Waals surface area contributed by atoms with Gasteiger partial charge in [-0.25, -0.2) is 8.42 Å². The Kier molecular flexibility index (Phi) is 5.75. The van der Waals surface area contributed by atoms with E-state index in [1.165, 1.54) is 24.1 Å². The average molecular weight is 430 g/mol. The van der Waals surface area contributed by atoms with Crippen molar-refractivity contribution in [2.24, 2.45) is 0 Å². The van der Waals surface area contributed by atoms with Crippen LogP contribution in [0.1, 0.15) is 31.9 Å². The molecule has 0 fully saturated rings. The maximum Gasteiger partial charge on any atom is 0.243 e. The van der Waals surface area contributed by atoms with Gasteiger partial charge < -0.3 is 10.2 Å². The van der Waals surface area contributed by atoms with Crippen molar-refractivity contribution in [1.29, 1.82) is 0 Å². The SMILES string of the molecule is CCc1ccccc1NC(=O)CN(C)S(=O)(=O)c1ccc2c(c1)C(C)(C)C(=O)N2C. The number of aryl methyl sites for hydroxylation is 1. The van der Waals surface area contributed by atoms with Crippen molar-refractivity contribution in [3.05, 3.63) is 53.6 Å². The summed E-state index contributed by atoms with van der Waals surface area (Å²) in [7, 11) is -0.859. The van der Waals surface area contributed by atoms with Gasteiger partial charge in [-0.3, -0.25) is 9.59 Å². The standard InChI is InChI=1S/C22H27N3O4S/c1-6-15-9-7-8-10-18(15)23-20(26)14-24(4)30(28,29)16-11-12-19-17(13-16)22(2,3)21(27)25(19)5/h7-13H,6,14H2,1-5H3,(H,23,26). The molecule has 7 nitrogen and oxygen atoms in total. The summed E-state index contributed by atoms with van der Waals surface area (Å²) in [5.74, 6) is -0.507. The molecule has 0 spiro atoms. The van der Waals surface area contributed by atoms with Crippen molar-refractivity contribution in [3.63, 3.8) is 0 Å². The molecule has 0 bridgehead atoms. The lowest BCUT2D eigenvalue weighted by Crippen LogP contribution is -2.35. The molecule has 0 aliphatic carbocycles. The fourth-order valence-electron chi connectivity index (χ4n) is 3.72. The van der Waals surface area contributed by atoms with Gasteiger partial charge in [0.05, 0.1) is 16.9 Å². The number of benzene rings is 2. The summed E-state index contributed by atoms with van der Waals surface area (Å²) < 4.78 is 27.1. The Morgan fingerprint density at radius 1 is 1.17 bits per heavy atom. The summed E-state index contributed by atoms with van der Waals surface area (Å²) in [5, 5.41) is 2.79. The Morgan fingerprint density at radius 2 is 1.83 bits per heavy atom. The fraction of sp³-hybridized carbons (Fsp3) is 0.364. The van der Waals surface area contributed by atoms with Crippen molar-refractivity contribution in [3.8, 4) is 0 Å². The monoisotopic (exact) mass is 429 g/mol. The first-order valence-electron chi connectivity index (χ1n) is 9.77. The van der Waals surface area contributed by atoms with Gasteiger partial charge in [0.25, 0.3) is 0 Å². The molecular formula is C22H27N3O4S. The number of para-hydroxylation sites is 1. The lowest BCUT2D eigenvalue weighted by molar-refractivity contribution is -0.121. The molecule has 3 rings (SSSR count). The number of nitrogens with zero attached hydrogens (tertiary/aromatic N) is 2. The van der Waals surface area contributed by atoms with Crippen molar-refractivity contribution in [1.82, 2.24) is 4.31 Å². The van der Waals surface area contributed by atoms with Gasteiger partial charge in [-0.15, -0.1) is 0 Å². The first-order valence-corrected chi connectivity index (χ1v) is 11.2. The minimum atomic E-state index is -3.91. The molecule has 0 radical (unpaired) electrons. The number of hydrogen-bond donors (Lipinski definition) is 1. The minimum Gasteiger partial charge on any atom is -0.325 e. The molecule has 160 valence electrons. The van der Waals surface area contributed by atoms with E-state index < -0.39 is 21.3 Å². The number of anilines is 2. The molecular weight excluding hydrogens is 402 g/mol. The topological polar surface area (TPSA) is 86.8 Å². The lowest BCUT2D eigenvalue weighted by atomic mass is 9.86. The lowest BCUT2D eigenvalue weighted by Gasteiger charge is -2.20.